The number of aryl methyl sites for hydroxylation is 1. The number of amides is 1. The first-order valence-electron chi connectivity index (χ1n) is 8.86. The van der Waals surface area contributed by atoms with E-state index in [0.717, 1.165) is 22.5 Å². The fraction of sp³-hybridized carbons (Fsp3) is 0.182. The van der Waals surface area contributed by atoms with Gasteiger partial charge in [-0.3, -0.25) is 9.59 Å². The average Bonchev–Trinajstić information content (AvgIpc) is 3.20. The van der Waals surface area contributed by atoms with Crippen molar-refractivity contribution in [2.75, 3.05) is 4.90 Å². The lowest BCUT2D eigenvalue weighted by molar-refractivity contribution is -0.136. The molecule has 4 nitrogen and oxygen atoms in total. The zero-order chi connectivity index (χ0) is 19.9. The summed E-state index contributed by atoms with van der Waals surface area (Å²) in [6.07, 6.45) is -0.315. The van der Waals surface area contributed by atoms with Crippen LogP contribution in [0.3, 0.4) is 0 Å². The Kier molecular flexibility index (Phi) is 4.83. The predicted molar refractivity (Wildman–Crippen MR) is 111 cm³/mol. The molecule has 2 heterocycles. The minimum atomic E-state index is -1.88. The predicted octanol–water partition coefficient (Wildman–Crippen LogP) is 4.72. The Balaban J connectivity index is 1.67. The summed E-state index contributed by atoms with van der Waals surface area (Å²) in [6, 6.07) is 18.2. The molecule has 1 atom stereocenters. The van der Waals surface area contributed by atoms with Gasteiger partial charge in [-0.2, -0.15) is 0 Å². The molecule has 0 fully saturated rings. The molecule has 0 aliphatic carbocycles. The van der Waals surface area contributed by atoms with Gasteiger partial charge in [0, 0.05) is 5.56 Å². The third-order valence-electron chi connectivity index (χ3n) is 4.97. The Morgan fingerprint density at radius 1 is 1.11 bits per heavy atom. The SMILES string of the molecule is Cc1ccc(CN2C(=O)C(O)(CC(=O)c3ccc(Cl)s3)c3ccccc32)cc1. The van der Waals surface area contributed by atoms with Crippen LogP contribution in [0, 0.1) is 6.92 Å². The van der Waals surface area contributed by atoms with Crippen LogP contribution in [-0.4, -0.2) is 16.8 Å². The summed E-state index contributed by atoms with van der Waals surface area (Å²) in [5, 5.41) is 11.3. The molecule has 1 N–H and O–H groups in total. The number of nitrogens with zero attached hydrogens (tertiary/aromatic N) is 1. The van der Waals surface area contributed by atoms with Gasteiger partial charge in [0.1, 0.15) is 0 Å². The summed E-state index contributed by atoms with van der Waals surface area (Å²) in [5.41, 5.74) is 1.30. The zero-order valence-electron chi connectivity index (χ0n) is 15.2. The van der Waals surface area contributed by atoms with Gasteiger partial charge < -0.3 is 10.0 Å². The second-order valence-electron chi connectivity index (χ2n) is 6.96. The Labute approximate surface area is 172 Å². The van der Waals surface area contributed by atoms with Gasteiger partial charge in [0.2, 0.25) is 0 Å². The van der Waals surface area contributed by atoms with Crippen molar-refractivity contribution >= 4 is 40.3 Å². The number of rotatable bonds is 5. The van der Waals surface area contributed by atoms with Crippen LogP contribution in [0.15, 0.2) is 60.7 Å². The van der Waals surface area contributed by atoms with Gasteiger partial charge in [0.25, 0.3) is 5.91 Å². The molecule has 0 radical (unpaired) electrons. The summed E-state index contributed by atoms with van der Waals surface area (Å²) >= 11 is 7.06. The highest BCUT2D eigenvalue weighted by Gasteiger charge is 2.50. The number of fused-ring (bicyclic) bond motifs is 1. The Bertz CT molecular complexity index is 1060. The number of carbonyl (C=O) groups is 2. The normalized spacial score (nSPS) is 18.4. The largest absolute Gasteiger partial charge is 0.375 e. The van der Waals surface area contributed by atoms with Gasteiger partial charge in [-0.15, -0.1) is 11.3 Å². The molecule has 1 aliphatic heterocycles. The van der Waals surface area contributed by atoms with E-state index >= 15 is 0 Å². The van der Waals surface area contributed by atoms with Crippen LogP contribution < -0.4 is 4.90 Å². The number of aliphatic hydroxyl groups is 1. The van der Waals surface area contributed by atoms with E-state index in [0.29, 0.717) is 27.0 Å². The molecule has 3 aromatic rings. The number of anilines is 1. The van der Waals surface area contributed by atoms with Gasteiger partial charge in [0.15, 0.2) is 11.4 Å². The van der Waals surface area contributed by atoms with Crippen LogP contribution in [0.4, 0.5) is 5.69 Å². The van der Waals surface area contributed by atoms with Crippen molar-refractivity contribution in [1.82, 2.24) is 0 Å². The third-order valence-corrected chi connectivity index (χ3v) is 6.24. The second kappa shape index (κ2) is 7.17. The Morgan fingerprint density at radius 3 is 2.50 bits per heavy atom. The standard InChI is InChI=1S/C22H18ClNO3S/c1-14-6-8-15(9-7-14)13-24-17-5-3-2-4-16(17)22(27,21(24)26)12-18(25)19-10-11-20(23)28-19/h2-11,27H,12-13H2,1H3. The van der Waals surface area contributed by atoms with E-state index in [2.05, 4.69) is 0 Å². The topological polar surface area (TPSA) is 57.6 Å². The molecule has 0 saturated heterocycles. The Hall–Kier alpha value is -2.47. The molecule has 1 amide bonds. The number of para-hydroxylation sites is 1. The number of carbonyl (C=O) groups excluding carboxylic acids is 2. The van der Waals surface area contributed by atoms with E-state index in [1.165, 1.54) is 0 Å². The average molecular weight is 412 g/mol. The highest BCUT2D eigenvalue weighted by Crippen LogP contribution is 2.43. The van der Waals surface area contributed by atoms with Crippen molar-refractivity contribution < 1.29 is 14.7 Å². The number of benzene rings is 2. The van der Waals surface area contributed by atoms with E-state index in [4.69, 9.17) is 11.6 Å². The van der Waals surface area contributed by atoms with Gasteiger partial charge >= 0.3 is 0 Å². The van der Waals surface area contributed by atoms with E-state index in [1.807, 2.05) is 37.3 Å². The maximum absolute atomic E-state index is 13.2. The number of Topliss-reactive ketones (excluding diaryl/α,β-unsaturated/α-hetero) is 1. The molecular formula is C22H18ClNO3S. The number of thiophene rings is 1. The Morgan fingerprint density at radius 2 is 1.82 bits per heavy atom. The summed E-state index contributed by atoms with van der Waals surface area (Å²) in [6.45, 7) is 2.33. The maximum atomic E-state index is 13.2. The van der Waals surface area contributed by atoms with Crippen LogP contribution in [0.25, 0.3) is 0 Å². The van der Waals surface area contributed by atoms with E-state index < -0.39 is 11.5 Å². The van der Waals surface area contributed by atoms with Crippen molar-refractivity contribution in [2.24, 2.45) is 0 Å². The lowest BCUT2D eigenvalue weighted by Crippen LogP contribution is -2.41. The highest BCUT2D eigenvalue weighted by molar-refractivity contribution is 7.18. The van der Waals surface area contributed by atoms with Crippen molar-refractivity contribution in [3.63, 3.8) is 0 Å². The maximum Gasteiger partial charge on any atom is 0.264 e. The molecule has 6 heteroatoms. The summed E-state index contributed by atoms with van der Waals surface area (Å²) in [4.78, 5) is 27.9. The highest BCUT2D eigenvalue weighted by atomic mass is 35.5. The fourth-order valence-electron chi connectivity index (χ4n) is 3.49. The van der Waals surface area contributed by atoms with Gasteiger partial charge in [0.05, 0.1) is 27.9 Å². The van der Waals surface area contributed by atoms with E-state index in [1.54, 1.807) is 35.2 Å². The first kappa shape index (κ1) is 18.9. The number of ketones is 1. The van der Waals surface area contributed by atoms with Gasteiger partial charge in [-0.05, 0) is 30.7 Å². The lowest BCUT2D eigenvalue weighted by atomic mass is 9.89. The fourth-order valence-corrected chi connectivity index (χ4v) is 4.47. The van der Waals surface area contributed by atoms with Crippen LogP contribution in [0.5, 0.6) is 0 Å². The minimum Gasteiger partial charge on any atom is -0.375 e. The minimum absolute atomic E-state index is 0.306. The van der Waals surface area contributed by atoms with E-state index in [9.17, 15) is 14.7 Å². The van der Waals surface area contributed by atoms with Gasteiger partial charge in [-0.25, -0.2) is 0 Å². The molecule has 1 aliphatic rings. The molecular weight excluding hydrogens is 394 g/mol. The molecule has 142 valence electrons. The molecule has 1 unspecified atom stereocenters. The van der Waals surface area contributed by atoms with Crippen LogP contribution in [0.1, 0.15) is 32.8 Å². The second-order valence-corrected chi connectivity index (χ2v) is 8.67. The lowest BCUT2D eigenvalue weighted by Gasteiger charge is -2.22. The van der Waals surface area contributed by atoms with Crippen molar-refractivity contribution in [1.29, 1.82) is 0 Å². The molecule has 28 heavy (non-hydrogen) atoms. The number of hydrogen-bond donors (Lipinski definition) is 1. The molecule has 0 spiro atoms. The van der Waals surface area contributed by atoms with E-state index in [-0.39, 0.29) is 12.2 Å². The smallest absolute Gasteiger partial charge is 0.264 e. The first-order valence-corrected chi connectivity index (χ1v) is 10.1. The van der Waals surface area contributed by atoms with Crippen molar-refractivity contribution in [3.8, 4) is 0 Å². The molecule has 4 rings (SSSR count). The van der Waals surface area contributed by atoms with Crippen LogP contribution >= 0.6 is 22.9 Å². The molecule has 0 saturated carbocycles. The summed E-state index contributed by atoms with van der Waals surface area (Å²) in [5.74, 6) is -0.787. The molecule has 2 aromatic carbocycles. The van der Waals surface area contributed by atoms with Crippen LogP contribution in [0.2, 0.25) is 4.34 Å². The first-order chi connectivity index (χ1) is 13.4. The summed E-state index contributed by atoms with van der Waals surface area (Å²) in [7, 11) is 0. The van der Waals surface area contributed by atoms with Crippen LogP contribution in [-0.2, 0) is 16.9 Å². The molecule has 0 bridgehead atoms. The monoisotopic (exact) mass is 411 g/mol. The molecule has 1 aromatic heterocycles. The van der Waals surface area contributed by atoms with Gasteiger partial charge in [-0.1, -0.05) is 59.6 Å². The van der Waals surface area contributed by atoms with Crippen molar-refractivity contribution in [2.45, 2.75) is 25.5 Å². The number of halogens is 1. The third kappa shape index (κ3) is 3.26. The van der Waals surface area contributed by atoms with Crippen molar-refractivity contribution in [3.05, 3.63) is 86.6 Å². The number of hydrogen-bond acceptors (Lipinski definition) is 4. The quantitative estimate of drug-likeness (QED) is 0.618. The summed E-state index contributed by atoms with van der Waals surface area (Å²) < 4.78 is 0.495. The zero-order valence-corrected chi connectivity index (χ0v) is 16.8.